The van der Waals surface area contributed by atoms with Crippen molar-refractivity contribution >= 4 is 23.2 Å². The van der Waals surface area contributed by atoms with Gasteiger partial charge in [-0.2, -0.15) is 0 Å². The summed E-state index contributed by atoms with van der Waals surface area (Å²) in [6.45, 7) is 6.66. The predicted molar refractivity (Wildman–Crippen MR) is 81.6 cm³/mol. The zero-order valence-electron chi connectivity index (χ0n) is 11.5. The van der Waals surface area contributed by atoms with Crippen molar-refractivity contribution < 1.29 is 0 Å². The molecule has 0 heterocycles. The lowest BCUT2D eigenvalue weighted by atomic mass is 10.0. The van der Waals surface area contributed by atoms with Gasteiger partial charge in [-0.1, -0.05) is 56.0 Å². The highest BCUT2D eigenvalue weighted by atomic mass is 35.5. The maximum atomic E-state index is 6.08. The Morgan fingerprint density at radius 2 is 1.89 bits per heavy atom. The van der Waals surface area contributed by atoms with E-state index in [4.69, 9.17) is 23.2 Å². The summed E-state index contributed by atoms with van der Waals surface area (Å²) in [5.74, 6) is 0. The van der Waals surface area contributed by atoms with E-state index in [1.807, 2.05) is 12.1 Å². The van der Waals surface area contributed by atoms with Crippen LogP contribution in [-0.2, 0) is 0 Å². The molecule has 0 bridgehead atoms. The average molecular weight is 288 g/mol. The van der Waals surface area contributed by atoms with Crippen LogP contribution in [0.4, 0.5) is 0 Å². The van der Waals surface area contributed by atoms with Crippen molar-refractivity contribution in [1.29, 1.82) is 0 Å². The van der Waals surface area contributed by atoms with Gasteiger partial charge in [0.25, 0.3) is 0 Å². The minimum atomic E-state index is 0.353. The lowest BCUT2D eigenvalue weighted by Gasteiger charge is -2.23. The van der Waals surface area contributed by atoms with Crippen LogP contribution in [0.3, 0.4) is 0 Å². The average Bonchev–Trinajstić information content (AvgIpc) is 2.37. The van der Waals surface area contributed by atoms with Crippen LogP contribution in [0.1, 0.15) is 58.1 Å². The van der Waals surface area contributed by atoms with Crippen LogP contribution < -0.4 is 5.32 Å². The van der Waals surface area contributed by atoms with Gasteiger partial charge in [-0.3, -0.25) is 0 Å². The molecule has 2 atom stereocenters. The van der Waals surface area contributed by atoms with E-state index >= 15 is 0 Å². The topological polar surface area (TPSA) is 12.0 Å². The Bertz CT molecular complexity index is 366. The van der Waals surface area contributed by atoms with E-state index in [2.05, 4.69) is 32.2 Å². The molecule has 1 nitrogen and oxygen atoms in total. The van der Waals surface area contributed by atoms with Crippen LogP contribution in [0.5, 0.6) is 0 Å². The first kappa shape index (κ1) is 15.8. The maximum absolute atomic E-state index is 6.08. The third-order valence-corrected chi connectivity index (χ3v) is 3.97. The van der Waals surface area contributed by atoms with Gasteiger partial charge in [0, 0.05) is 12.1 Å². The molecule has 1 aromatic rings. The molecule has 102 valence electrons. The molecule has 0 fully saturated rings. The van der Waals surface area contributed by atoms with Crippen molar-refractivity contribution in [1.82, 2.24) is 5.32 Å². The van der Waals surface area contributed by atoms with Crippen molar-refractivity contribution in [2.45, 2.75) is 58.5 Å². The fraction of sp³-hybridized carbons (Fsp3) is 0.600. The Kier molecular flexibility index (Phi) is 7.06. The fourth-order valence-electron chi connectivity index (χ4n) is 2.12. The molecule has 1 N–H and O–H groups in total. The minimum absolute atomic E-state index is 0.353. The van der Waals surface area contributed by atoms with Crippen LogP contribution in [-0.4, -0.2) is 6.04 Å². The minimum Gasteiger partial charge on any atom is -0.307 e. The van der Waals surface area contributed by atoms with E-state index in [9.17, 15) is 0 Å². The summed E-state index contributed by atoms with van der Waals surface area (Å²) < 4.78 is 0. The summed E-state index contributed by atoms with van der Waals surface area (Å²) in [7, 11) is 0. The summed E-state index contributed by atoms with van der Waals surface area (Å²) in [6.07, 6.45) is 4.78. The SMILES string of the molecule is CCCCC(C)NC(CC)c1ccc(Cl)c(Cl)c1. The maximum Gasteiger partial charge on any atom is 0.0595 e. The van der Waals surface area contributed by atoms with E-state index < -0.39 is 0 Å². The Hall–Kier alpha value is -0.240. The van der Waals surface area contributed by atoms with Crippen LogP contribution in [0.15, 0.2) is 18.2 Å². The van der Waals surface area contributed by atoms with E-state index in [1.165, 1.54) is 24.8 Å². The smallest absolute Gasteiger partial charge is 0.0595 e. The number of nitrogens with one attached hydrogen (secondary N) is 1. The van der Waals surface area contributed by atoms with E-state index in [-0.39, 0.29) is 0 Å². The van der Waals surface area contributed by atoms with E-state index in [0.717, 1.165) is 6.42 Å². The number of benzene rings is 1. The molecule has 1 rings (SSSR count). The number of hydrogen-bond acceptors (Lipinski definition) is 1. The molecule has 0 aromatic heterocycles. The molecule has 18 heavy (non-hydrogen) atoms. The Morgan fingerprint density at radius 1 is 1.17 bits per heavy atom. The third-order valence-electron chi connectivity index (χ3n) is 3.23. The first-order chi connectivity index (χ1) is 8.58. The molecule has 0 aliphatic heterocycles. The third kappa shape index (κ3) is 4.79. The highest BCUT2D eigenvalue weighted by Gasteiger charge is 2.13. The molecule has 0 saturated heterocycles. The highest BCUT2D eigenvalue weighted by Crippen LogP contribution is 2.27. The predicted octanol–water partition coefficient (Wildman–Crippen LogP) is 5.61. The van der Waals surface area contributed by atoms with Gasteiger partial charge in [0.2, 0.25) is 0 Å². The number of hydrogen-bond donors (Lipinski definition) is 1. The van der Waals surface area contributed by atoms with Gasteiger partial charge < -0.3 is 5.32 Å². The first-order valence-electron chi connectivity index (χ1n) is 6.79. The van der Waals surface area contributed by atoms with Crippen LogP contribution in [0.25, 0.3) is 0 Å². The molecule has 0 amide bonds. The summed E-state index contributed by atoms with van der Waals surface area (Å²) in [6, 6.07) is 6.79. The largest absolute Gasteiger partial charge is 0.307 e. The standard InChI is InChI=1S/C15H23Cl2N/c1-4-6-7-11(3)18-15(5-2)12-8-9-13(16)14(17)10-12/h8-11,15,18H,4-7H2,1-3H3. The van der Waals surface area contributed by atoms with Crippen LogP contribution >= 0.6 is 23.2 Å². The fourth-order valence-corrected chi connectivity index (χ4v) is 2.42. The second kappa shape index (κ2) is 8.04. The molecular weight excluding hydrogens is 265 g/mol. The van der Waals surface area contributed by atoms with Gasteiger partial charge >= 0.3 is 0 Å². The zero-order chi connectivity index (χ0) is 13.5. The van der Waals surface area contributed by atoms with Crippen LogP contribution in [0.2, 0.25) is 10.0 Å². The normalized spacial score (nSPS) is 14.5. The van der Waals surface area contributed by atoms with Gasteiger partial charge in [0.15, 0.2) is 0 Å². The van der Waals surface area contributed by atoms with Gasteiger partial charge in [-0.15, -0.1) is 0 Å². The lowest BCUT2D eigenvalue weighted by molar-refractivity contribution is 0.418. The second-order valence-electron chi connectivity index (χ2n) is 4.84. The van der Waals surface area contributed by atoms with Crippen molar-refractivity contribution in [3.63, 3.8) is 0 Å². The number of halogens is 2. The summed E-state index contributed by atoms with van der Waals surface area (Å²) >= 11 is 12.0. The van der Waals surface area contributed by atoms with Gasteiger partial charge in [-0.05, 0) is 37.5 Å². The summed E-state index contributed by atoms with van der Waals surface area (Å²) in [5.41, 5.74) is 1.22. The molecule has 0 aliphatic rings. The summed E-state index contributed by atoms with van der Waals surface area (Å²) in [5, 5.41) is 4.92. The Morgan fingerprint density at radius 3 is 2.44 bits per heavy atom. The highest BCUT2D eigenvalue weighted by molar-refractivity contribution is 6.42. The van der Waals surface area contributed by atoms with Crippen molar-refractivity contribution in [2.75, 3.05) is 0 Å². The van der Waals surface area contributed by atoms with Crippen molar-refractivity contribution in [3.05, 3.63) is 33.8 Å². The second-order valence-corrected chi connectivity index (χ2v) is 5.66. The van der Waals surface area contributed by atoms with Crippen LogP contribution in [0, 0.1) is 0 Å². The quantitative estimate of drug-likeness (QED) is 0.687. The Labute approximate surface area is 121 Å². The molecule has 1 aromatic carbocycles. The molecule has 0 saturated carbocycles. The van der Waals surface area contributed by atoms with Gasteiger partial charge in [0.1, 0.15) is 0 Å². The zero-order valence-corrected chi connectivity index (χ0v) is 13.0. The van der Waals surface area contributed by atoms with Gasteiger partial charge in [0.05, 0.1) is 10.0 Å². The molecule has 0 spiro atoms. The van der Waals surface area contributed by atoms with Gasteiger partial charge in [-0.25, -0.2) is 0 Å². The van der Waals surface area contributed by atoms with Crippen molar-refractivity contribution in [3.8, 4) is 0 Å². The summed E-state index contributed by atoms with van der Waals surface area (Å²) in [4.78, 5) is 0. The van der Waals surface area contributed by atoms with E-state index in [1.54, 1.807) is 0 Å². The Balaban J connectivity index is 2.67. The molecule has 0 radical (unpaired) electrons. The molecule has 0 aliphatic carbocycles. The monoisotopic (exact) mass is 287 g/mol. The van der Waals surface area contributed by atoms with Crippen molar-refractivity contribution in [2.24, 2.45) is 0 Å². The first-order valence-corrected chi connectivity index (χ1v) is 7.55. The molecular formula is C15H23Cl2N. The number of rotatable bonds is 7. The lowest BCUT2D eigenvalue weighted by Crippen LogP contribution is -2.30. The molecule has 3 heteroatoms. The molecule has 2 unspecified atom stereocenters. The van der Waals surface area contributed by atoms with E-state index in [0.29, 0.717) is 22.1 Å². The number of unbranched alkanes of at least 4 members (excludes halogenated alkanes) is 1.